The minimum absolute atomic E-state index is 0.0953. The van der Waals surface area contributed by atoms with Gasteiger partial charge in [-0.1, -0.05) is 30.3 Å². The number of nitrogens with zero attached hydrogens (tertiary/aromatic N) is 1. The number of carbonyl (C=O) groups excluding carboxylic acids is 2. The molecule has 0 aromatic heterocycles. The van der Waals surface area contributed by atoms with E-state index in [0.29, 0.717) is 17.3 Å². The number of sulfonamides is 1. The lowest BCUT2D eigenvalue weighted by atomic mass is 10.0. The number of urea groups is 1. The number of anilines is 1. The van der Waals surface area contributed by atoms with Crippen molar-refractivity contribution in [3.05, 3.63) is 95.1 Å². The second-order valence-corrected chi connectivity index (χ2v) is 9.77. The van der Waals surface area contributed by atoms with Gasteiger partial charge in [-0.05, 0) is 60.9 Å². The maximum absolute atomic E-state index is 13.7. The van der Waals surface area contributed by atoms with Crippen molar-refractivity contribution < 1.29 is 26.8 Å². The molecule has 35 heavy (non-hydrogen) atoms. The Labute approximate surface area is 202 Å². The van der Waals surface area contributed by atoms with Crippen molar-refractivity contribution in [2.45, 2.75) is 31.2 Å². The third-order valence-corrected chi connectivity index (χ3v) is 6.79. The Hall–Kier alpha value is -3.79. The van der Waals surface area contributed by atoms with Crippen molar-refractivity contribution >= 4 is 27.6 Å². The Morgan fingerprint density at radius 1 is 0.943 bits per heavy atom. The molecule has 3 aromatic rings. The third-order valence-electron chi connectivity index (χ3n) is 5.30. The van der Waals surface area contributed by atoms with Crippen molar-refractivity contribution in [3.63, 3.8) is 0 Å². The molecule has 2 N–H and O–H groups in total. The molecule has 0 spiro atoms. The van der Waals surface area contributed by atoms with Crippen LogP contribution in [0.2, 0.25) is 0 Å². The van der Waals surface area contributed by atoms with E-state index in [2.05, 4.69) is 5.32 Å². The van der Waals surface area contributed by atoms with Crippen molar-refractivity contribution in [3.8, 4) is 0 Å². The monoisotopic (exact) mass is 501 g/mol. The minimum Gasteiger partial charge on any atom is -0.325 e. The van der Waals surface area contributed by atoms with E-state index < -0.39 is 39.6 Å². The number of aryl methyl sites for hydroxylation is 2. The van der Waals surface area contributed by atoms with Gasteiger partial charge in [-0.2, -0.15) is 0 Å². The highest BCUT2D eigenvalue weighted by molar-refractivity contribution is 7.90. The number of likely N-dealkylation sites (N-methyl/N-ethyl adjacent to an activating group) is 1. The summed E-state index contributed by atoms with van der Waals surface area (Å²) in [4.78, 5) is 27.2. The van der Waals surface area contributed by atoms with Crippen LogP contribution >= 0.6 is 0 Å². The normalized spacial score (nSPS) is 12.0. The summed E-state index contributed by atoms with van der Waals surface area (Å²) in [7, 11) is -2.75. The summed E-state index contributed by atoms with van der Waals surface area (Å²) in [5, 5.41) is 2.35. The fourth-order valence-electron chi connectivity index (χ4n) is 3.58. The number of benzene rings is 3. The van der Waals surface area contributed by atoms with E-state index in [1.54, 1.807) is 37.3 Å². The Kier molecular flexibility index (Phi) is 7.85. The topological polar surface area (TPSA) is 95.6 Å². The van der Waals surface area contributed by atoms with E-state index in [0.717, 1.165) is 17.7 Å². The van der Waals surface area contributed by atoms with Gasteiger partial charge in [0.25, 0.3) is 10.0 Å². The van der Waals surface area contributed by atoms with Crippen LogP contribution in [0.3, 0.4) is 0 Å². The van der Waals surface area contributed by atoms with E-state index in [-0.39, 0.29) is 16.9 Å². The van der Waals surface area contributed by atoms with Crippen molar-refractivity contribution in [2.24, 2.45) is 0 Å². The molecule has 3 rings (SSSR count). The first kappa shape index (κ1) is 25.8. The molecular formula is C25H25F2N3O4S. The summed E-state index contributed by atoms with van der Waals surface area (Å²) < 4.78 is 54.8. The minimum atomic E-state index is -4.23. The molecule has 0 aliphatic heterocycles. The van der Waals surface area contributed by atoms with Gasteiger partial charge in [0.1, 0.15) is 17.7 Å². The predicted octanol–water partition coefficient (Wildman–Crippen LogP) is 3.84. The Morgan fingerprint density at radius 3 is 2.23 bits per heavy atom. The number of hydrogen-bond donors (Lipinski definition) is 2. The molecule has 0 saturated carbocycles. The molecule has 10 heteroatoms. The quantitative estimate of drug-likeness (QED) is 0.514. The fraction of sp³-hybridized carbons (Fsp3) is 0.200. The molecule has 0 bridgehead atoms. The molecule has 0 radical (unpaired) electrons. The van der Waals surface area contributed by atoms with Gasteiger partial charge in [-0.25, -0.2) is 26.7 Å². The molecule has 0 heterocycles. The van der Waals surface area contributed by atoms with Crippen LogP contribution < -0.4 is 14.9 Å². The molecule has 1 atom stereocenters. The molecule has 3 amide bonds. The summed E-state index contributed by atoms with van der Waals surface area (Å²) in [5.41, 5.74) is 1.96. The van der Waals surface area contributed by atoms with Crippen LogP contribution in [0.15, 0.2) is 71.6 Å². The molecule has 184 valence electrons. The maximum atomic E-state index is 13.7. The molecule has 7 nitrogen and oxygen atoms in total. The zero-order valence-electron chi connectivity index (χ0n) is 19.4. The average molecular weight is 502 g/mol. The summed E-state index contributed by atoms with van der Waals surface area (Å²) in [5.74, 6) is -2.29. The molecule has 0 aliphatic rings. The molecule has 0 unspecified atom stereocenters. The molecule has 0 fully saturated rings. The lowest BCUT2D eigenvalue weighted by molar-refractivity contribution is -0.120. The highest BCUT2D eigenvalue weighted by atomic mass is 32.2. The number of carbonyl (C=O) groups is 2. The second kappa shape index (κ2) is 10.6. The first-order chi connectivity index (χ1) is 16.5. The van der Waals surface area contributed by atoms with Crippen molar-refractivity contribution in [2.75, 3.05) is 11.9 Å². The van der Waals surface area contributed by atoms with Gasteiger partial charge in [-0.3, -0.25) is 4.79 Å². The smallest absolute Gasteiger partial charge is 0.325 e. The number of halogens is 2. The SMILES string of the molecule is Cc1cccc(N(C)C(=O)[C@H](Cc2cc(F)cc(F)c2)NC(=O)NS(=O)(=O)c2ccccc2C)c1. The van der Waals surface area contributed by atoms with Crippen LogP contribution in [0.4, 0.5) is 19.3 Å². The van der Waals surface area contributed by atoms with Gasteiger partial charge in [0.05, 0.1) is 4.90 Å². The third kappa shape index (κ3) is 6.63. The van der Waals surface area contributed by atoms with E-state index in [1.165, 1.54) is 24.1 Å². The van der Waals surface area contributed by atoms with Crippen molar-refractivity contribution in [1.82, 2.24) is 10.0 Å². The molecule has 0 aliphatic carbocycles. The lowest BCUT2D eigenvalue weighted by Crippen LogP contribution is -2.52. The number of hydrogen-bond acceptors (Lipinski definition) is 4. The van der Waals surface area contributed by atoms with Crippen LogP contribution in [-0.2, 0) is 21.2 Å². The second-order valence-electron chi connectivity index (χ2n) is 8.12. The Bertz CT molecular complexity index is 1340. The van der Waals surface area contributed by atoms with Gasteiger partial charge < -0.3 is 10.2 Å². The summed E-state index contributed by atoms with van der Waals surface area (Å²) in [6, 6.07) is 13.4. The van der Waals surface area contributed by atoms with Crippen LogP contribution in [0.1, 0.15) is 16.7 Å². The highest BCUT2D eigenvalue weighted by Gasteiger charge is 2.28. The first-order valence-electron chi connectivity index (χ1n) is 10.6. The Morgan fingerprint density at radius 2 is 1.60 bits per heavy atom. The van der Waals surface area contributed by atoms with Gasteiger partial charge in [0.2, 0.25) is 5.91 Å². The van der Waals surface area contributed by atoms with Gasteiger partial charge >= 0.3 is 6.03 Å². The van der Waals surface area contributed by atoms with E-state index >= 15 is 0 Å². The van der Waals surface area contributed by atoms with Crippen molar-refractivity contribution in [1.29, 1.82) is 0 Å². The fourth-order valence-corrected chi connectivity index (χ4v) is 4.75. The summed E-state index contributed by atoms with van der Waals surface area (Å²) in [6.07, 6.45) is -0.276. The van der Waals surface area contributed by atoms with Crippen LogP contribution in [0.25, 0.3) is 0 Å². The van der Waals surface area contributed by atoms with Crippen LogP contribution in [-0.4, -0.2) is 33.4 Å². The van der Waals surface area contributed by atoms with Crippen LogP contribution in [0.5, 0.6) is 0 Å². The maximum Gasteiger partial charge on any atom is 0.329 e. The standard InChI is InChI=1S/C25H25F2N3O4S/c1-16-7-6-9-21(11-16)30(3)24(31)22(14-18-12-19(26)15-20(27)13-18)28-25(32)29-35(33,34)23-10-5-4-8-17(23)2/h4-13,15,22H,14H2,1-3H3,(H2,28,29,32)/t22-/m0/s1. The summed E-state index contributed by atoms with van der Waals surface area (Å²) in [6.45, 7) is 3.42. The predicted molar refractivity (Wildman–Crippen MR) is 128 cm³/mol. The highest BCUT2D eigenvalue weighted by Crippen LogP contribution is 2.18. The molecule has 3 aromatic carbocycles. The molecular weight excluding hydrogens is 476 g/mol. The van der Waals surface area contributed by atoms with E-state index in [1.807, 2.05) is 17.7 Å². The van der Waals surface area contributed by atoms with Gasteiger partial charge in [0, 0.05) is 25.2 Å². The average Bonchev–Trinajstić information content (AvgIpc) is 2.76. The van der Waals surface area contributed by atoms with Gasteiger partial charge in [0.15, 0.2) is 0 Å². The molecule has 0 saturated heterocycles. The van der Waals surface area contributed by atoms with E-state index in [4.69, 9.17) is 0 Å². The number of amides is 3. The zero-order valence-corrected chi connectivity index (χ0v) is 20.2. The number of nitrogens with one attached hydrogen (secondary N) is 2. The largest absolute Gasteiger partial charge is 0.329 e. The summed E-state index contributed by atoms with van der Waals surface area (Å²) >= 11 is 0. The zero-order chi connectivity index (χ0) is 25.8. The van der Waals surface area contributed by atoms with E-state index in [9.17, 15) is 26.8 Å². The first-order valence-corrected chi connectivity index (χ1v) is 12.1. The Balaban J connectivity index is 1.87. The number of rotatable bonds is 7. The van der Waals surface area contributed by atoms with Gasteiger partial charge in [-0.15, -0.1) is 0 Å². The lowest BCUT2D eigenvalue weighted by Gasteiger charge is -2.25. The van der Waals surface area contributed by atoms with Crippen LogP contribution in [0, 0.1) is 25.5 Å².